The van der Waals surface area contributed by atoms with Gasteiger partial charge in [-0.2, -0.15) is 4.31 Å². The minimum absolute atomic E-state index is 0.0389. The third-order valence-corrected chi connectivity index (χ3v) is 7.49. The van der Waals surface area contributed by atoms with E-state index >= 15 is 0 Å². The molecular formula is C23H30N2O4S. The highest BCUT2D eigenvalue weighted by Gasteiger charge is 2.32. The van der Waals surface area contributed by atoms with Gasteiger partial charge >= 0.3 is 0 Å². The highest BCUT2D eigenvalue weighted by Crippen LogP contribution is 2.24. The van der Waals surface area contributed by atoms with Crippen LogP contribution in [-0.4, -0.2) is 44.4 Å². The lowest BCUT2D eigenvalue weighted by Gasteiger charge is -2.31. The molecule has 0 aromatic heterocycles. The van der Waals surface area contributed by atoms with Gasteiger partial charge in [0.25, 0.3) is 0 Å². The van der Waals surface area contributed by atoms with Gasteiger partial charge in [0.15, 0.2) is 0 Å². The molecule has 2 aromatic carbocycles. The zero-order valence-corrected chi connectivity index (χ0v) is 18.6. The van der Waals surface area contributed by atoms with Crippen molar-refractivity contribution >= 4 is 15.9 Å². The number of amides is 1. The Morgan fingerprint density at radius 1 is 1.10 bits per heavy atom. The van der Waals surface area contributed by atoms with E-state index in [-0.39, 0.29) is 17.9 Å². The van der Waals surface area contributed by atoms with Crippen molar-refractivity contribution in [1.29, 1.82) is 0 Å². The van der Waals surface area contributed by atoms with E-state index in [2.05, 4.69) is 12.2 Å². The van der Waals surface area contributed by atoms with Crippen LogP contribution >= 0.6 is 0 Å². The number of nitrogens with zero attached hydrogens (tertiary/aromatic N) is 1. The van der Waals surface area contributed by atoms with Crippen LogP contribution in [0.15, 0.2) is 53.4 Å². The predicted octanol–water partition coefficient (Wildman–Crippen LogP) is 3.29. The van der Waals surface area contributed by atoms with E-state index in [1.165, 1.54) is 15.4 Å². The van der Waals surface area contributed by atoms with E-state index < -0.39 is 10.0 Å². The van der Waals surface area contributed by atoms with Crippen LogP contribution in [0, 0.1) is 19.8 Å². The van der Waals surface area contributed by atoms with Gasteiger partial charge in [0.1, 0.15) is 12.4 Å². The Labute approximate surface area is 179 Å². The summed E-state index contributed by atoms with van der Waals surface area (Å²) in [5.74, 6) is 0.567. The first-order valence-corrected chi connectivity index (χ1v) is 11.8. The van der Waals surface area contributed by atoms with Crippen LogP contribution < -0.4 is 10.1 Å². The lowest BCUT2D eigenvalue weighted by atomic mass is 9.97. The van der Waals surface area contributed by atoms with Crippen molar-refractivity contribution in [3.63, 3.8) is 0 Å². The van der Waals surface area contributed by atoms with Crippen LogP contribution in [0.3, 0.4) is 0 Å². The minimum atomic E-state index is -3.50. The molecule has 30 heavy (non-hydrogen) atoms. The van der Waals surface area contributed by atoms with Crippen molar-refractivity contribution in [1.82, 2.24) is 9.62 Å². The lowest BCUT2D eigenvalue weighted by Crippen LogP contribution is -2.45. The molecule has 3 rings (SSSR count). The number of nitrogens with one attached hydrogen (secondary N) is 1. The number of ether oxygens (including phenoxy) is 1. The van der Waals surface area contributed by atoms with E-state index in [1.54, 1.807) is 30.3 Å². The van der Waals surface area contributed by atoms with Gasteiger partial charge in [0.2, 0.25) is 15.9 Å². The second kappa shape index (κ2) is 9.62. The molecule has 162 valence electrons. The molecule has 0 saturated carbocycles. The smallest absolute Gasteiger partial charge is 0.243 e. The monoisotopic (exact) mass is 430 g/mol. The molecule has 0 spiro atoms. The van der Waals surface area contributed by atoms with Gasteiger partial charge in [-0.15, -0.1) is 0 Å². The summed E-state index contributed by atoms with van der Waals surface area (Å²) >= 11 is 0. The Balaban J connectivity index is 1.47. The first kappa shape index (κ1) is 22.3. The van der Waals surface area contributed by atoms with Crippen molar-refractivity contribution in [3.05, 3.63) is 59.7 Å². The number of carbonyl (C=O) groups excluding carboxylic acids is 1. The molecule has 1 unspecified atom stereocenters. The van der Waals surface area contributed by atoms with Gasteiger partial charge in [-0.1, -0.05) is 24.3 Å². The van der Waals surface area contributed by atoms with Gasteiger partial charge in [-0.25, -0.2) is 8.42 Å². The first-order chi connectivity index (χ1) is 14.3. The summed E-state index contributed by atoms with van der Waals surface area (Å²) in [5, 5.41) is 3.00. The summed E-state index contributed by atoms with van der Waals surface area (Å²) in [6, 6.07) is 14.2. The zero-order chi connectivity index (χ0) is 21.7. The Morgan fingerprint density at radius 3 is 2.40 bits per heavy atom. The van der Waals surface area contributed by atoms with E-state index in [1.807, 2.05) is 32.0 Å². The van der Waals surface area contributed by atoms with Crippen molar-refractivity contribution < 1.29 is 17.9 Å². The van der Waals surface area contributed by atoms with Crippen molar-refractivity contribution in [2.24, 2.45) is 5.92 Å². The third kappa shape index (κ3) is 5.40. The molecular weight excluding hydrogens is 400 g/mol. The van der Waals surface area contributed by atoms with Crippen molar-refractivity contribution in [2.75, 3.05) is 19.7 Å². The number of aryl methyl sites for hydroxylation is 2. The number of piperidine rings is 1. The quantitative estimate of drug-likeness (QED) is 0.731. The first-order valence-electron chi connectivity index (χ1n) is 10.3. The number of rotatable bonds is 7. The summed E-state index contributed by atoms with van der Waals surface area (Å²) in [4.78, 5) is 12.9. The average molecular weight is 431 g/mol. The molecule has 1 heterocycles. The van der Waals surface area contributed by atoms with Gasteiger partial charge < -0.3 is 10.1 Å². The standard InChI is InChI=1S/C23H30N2O4S/c1-17-9-10-21(15-18(17)2)29-16-19(3)24-23(26)20-11-13-25(14-12-20)30(27,28)22-7-5-4-6-8-22/h4-10,15,19-20H,11-14,16H2,1-3H3,(H,24,26). The molecule has 2 aromatic rings. The van der Waals surface area contributed by atoms with Gasteiger partial charge in [-0.05, 0) is 69.0 Å². The van der Waals surface area contributed by atoms with Crippen LogP contribution in [0.4, 0.5) is 0 Å². The topological polar surface area (TPSA) is 75.7 Å². The zero-order valence-electron chi connectivity index (χ0n) is 17.8. The van der Waals surface area contributed by atoms with E-state index in [0.29, 0.717) is 37.4 Å². The average Bonchev–Trinajstić information content (AvgIpc) is 2.75. The summed E-state index contributed by atoms with van der Waals surface area (Å²) in [6.07, 6.45) is 1.03. The normalized spacial score (nSPS) is 16.8. The number of carbonyl (C=O) groups is 1. The molecule has 1 amide bonds. The molecule has 0 bridgehead atoms. The Kier molecular flexibility index (Phi) is 7.15. The molecule has 1 aliphatic rings. The molecule has 1 N–H and O–H groups in total. The summed E-state index contributed by atoms with van der Waals surface area (Å²) in [7, 11) is -3.50. The summed E-state index contributed by atoms with van der Waals surface area (Å²) in [6.45, 7) is 7.09. The van der Waals surface area contributed by atoms with Crippen LogP contribution in [0.2, 0.25) is 0 Å². The van der Waals surface area contributed by atoms with Crippen molar-refractivity contribution in [3.8, 4) is 5.75 Å². The summed E-state index contributed by atoms with van der Waals surface area (Å²) < 4.78 is 32.7. The fourth-order valence-corrected chi connectivity index (χ4v) is 5.02. The fourth-order valence-electron chi connectivity index (χ4n) is 3.53. The van der Waals surface area contributed by atoms with Crippen LogP contribution in [0.25, 0.3) is 0 Å². The van der Waals surface area contributed by atoms with E-state index in [0.717, 1.165) is 5.75 Å². The van der Waals surface area contributed by atoms with Gasteiger partial charge in [0.05, 0.1) is 10.9 Å². The van der Waals surface area contributed by atoms with E-state index in [9.17, 15) is 13.2 Å². The largest absolute Gasteiger partial charge is 0.491 e. The number of sulfonamides is 1. The van der Waals surface area contributed by atoms with Crippen LogP contribution in [-0.2, 0) is 14.8 Å². The fraction of sp³-hybridized carbons (Fsp3) is 0.435. The Bertz CT molecular complexity index is 968. The molecule has 6 nitrogen and oxygen atoms in total. The maximum absolute atomic E-state index is 12.7. The molecule has 1 atom stereocenters. The predicted molar refractivity (Wildman–Crippen MR) is 117 cm³/mol. The van der Waals surface area contributed by atoms with Crippen LogP contribution in [0.5, 0.6) is 5.75 Å². The number of hydrogen-bond donors (Lipinski definition) is 1. The van der Waals surface area contributed by atoms with Crippen LogP contribution in [0.1, 0.15) is 30.9 Å². The second-order valence-corrected chi connectivity index (χ2v) is 9.90. The minimum Gasteiger partial charge on any atom is -0.491 e. The maximum atomic E-state index is 12.7. The summed E-state index contributed by atoms with van der Waals surface area (Å²) in [5.41, 5.74) is 2.38. The lowest BCUT2D eigenvalue weighted by molar-refractivity contribution is -0.126. The SMILES string of the molecule is Cc1ccc(OCC(C)NC(=O)C2CCN(S(=O)(=O)c3ccccc3)CC2)cc1C. The molecule has 1 fully saturated rings. The maximum Gasteiger partial charge on any atom is 0.243 e. The molecule has 7 heteroatoms. The van der Waals surface area contributed by atoms with Crippen molar-refractivity contribution in [2.45, 2.75) is 44.6 Å². The third-order valence-electron chi connectivity index (χ3n) is 5.57. The van der Waals surface area contributed by atoms with Gasteiger partial charge in [0, 0.05) is 19.0 Å². The highest BCUT2D eigenvalue weighted by molar-refractivity contribution is 7.89. The number of hydrogen-bond acceptors (Lipinski definition) is 4. The van der Waals surface area contributed by atoms with Gasteiger partial charge in [-0.3, -0.25) is 4.79 Å². The van der Waals surface area contributed by atoms with E-state index in [4.69, 9.17) is 4.74 Å². The molecule has 1 aliphatic heterocycles. The molecule has 0 aliphatic carbocycles. The molecule has 1 saturated heterocycles. The second-order valence-electron chi connectivity index (χ2n) is 7.96. The number of benzene rings is 2. The highest BCUT2D eigenvalue weighted by atomic mass is 32.2. The Morgan fingerprint density at radius 2 is 1.77 bits per heavy atom. The molecule has 0 radical (unpaired) electrons. The Hall–Kier alpha value is -2.38.